The molecule has 0 radical (unpaired) electrons. The average Bonchev–Trinajstić information content (AvgIpc) is 3.21. The van der Waals surface area contributed by atoms with Crippen molar-refractivity contribution in [1.82, 2.24) is 9.88 Å². The number of nitro groups is 1. The number of carbonyl (C=O) groups is 2. The van der Waals surface area contributed by atoms with E-state index in [0.29, 0.717) is 16.3 Å². The molecule has 0 unspecified atom stereocenters. The number of aromatic nitrogens is 1. The number of fused-ring (bicyclic) bond motifs is 1. The van der Waals surface area contributed by atoms with E-state index < -0.39 is 28.2 Å². The summed E-state index contributed by atoms with van der Waals surface area (Å²) in [5, 5.41) is 13.2. The molecule has 0 saturated carbocycles. The Labute approximate surface area is 155 Å². The highest BCUT2D eigenvalue weighted by Gasteiger charge is 2.41. The number of hydrogen-bond acceptors (Lipinski definition) is 6. The normalized spacial score (nSPS) is 13.1. The summed E-state index contributed by atoms with van der Waals surface area (Å²) in [6.07, 6.45) is 0. The molecule has 4 rings (SSSR count). The number of nitrogens with zero attached hydrogens (tertiary/aromatic N) is 3. The molecule has 0 fully saturated rings. The summed E-state index contributed by atoms with van der Waals surface area (Å²) in [5.41, 5.74) is 0.108. The molecule has 0 saturated heterocycles. The number of amides is 2. The van der Waals surface area contributed by atoms with Gasteiger partial charge in [0.05, 0.1) is 22.7 Å². The summed E-state index contributed by atoms with van der Waals surface area (Å²) in [5.74, 6) is -1.77. The van der Waals surface area contributed by atoms with Gasteiger partial charge in [-0.15, -0.1) is 11.3 Å². The van der Waals surface area contributed by atoms with Gasteiger partial charge in [0, 0.05) is 17.0 Å². The molecule has 1 aromatic heterocycles. The maximum Gasteiger partial charge on any atom is 0.282 e. The van der Waals surface area contributed by atoms with E-state index in [2.05, 4.69) is 4.98 Å². The fourth-order valence-electron chi connectivity index (χ4n) is 2.91. The van der Waals surface area contributed by atoms with Crippen molar-refractivity contribution in [2.24, 2.45) is 0 Å². The average molecular weight is 383 g/mol. The van der Waals surface area contributed by atoms with Crippen LogP contribution in [0.5, 0.6) is 0 Å². The van der Waals surface area contributed by atoms with Gasteiger partial charge in [0.15, 0.2) is 0 Å². The smallest absolute Gasteiger partial charge is 0.269 e. The molecule has 27 heavy (non-hydrogen) atoms. The zero-order chi connectivity index (χ0) is 19.1. The fraction of sp³-hybridized carbons (Fsp3) is 0.0556. The van der Waals surface area contributed by atoms with Crippen LogP contribution in [-0.2, 0) is 6.54 Å². The van der Waals surface area contributed by atoms with E-state index >= 15 is 0 Å². The van der Waals surface area contributed by atoms with Gasteiger partial charge in [0.2, 0.25) is 0 Å². The Morgan fingerprint density at radius 3 is 2.56 bits per heavy atom. The van der Waals surface area contributed by atoms with Crippen LogP contribution in [0, 0.1) is 15.9 Å². The van der Waals surface area contributed by atoms with Gasteiger partial charge in [-0.05, 0) is 18.2 Å². The fourth-order valence-corrected chi connectivity index (χ4v) is 3.75. The first-order valence-electron chi connectivity index (χ1n) is 7.80. The zero-order valence-corrected chi connectivity index (χ0v) is 14.4. The van der Waals surface area contributed by atoms with Crippen molar-refractivity contribution in [1.29, 1.82) is 0 Å². The van der Waals surface area contributed by atoms with Gasteiger partial charge in [0.1, 0.15) is 16.4 Å². The van der Waals surface area contributed by atoms with Crippen LogP contribution in [0.1, 0.15) is 26.4 Å². The lowest BCUT2D eigenvalue weighted by molar-refractivity contribution is -0.385. The van der Waals surface area contributed by atoms with Crippen LogP contribution in [0.25, 0.3) is 10.6 Å². The Balaban J connectivity index is 1.64. The molecule has 2 aromatic carbocycles. The van der Waals surface area contributed by atoms with Gasteiger partial charge < -0.3 is 0 Å². The second-order valence-electron chi connectivity index (χ2n) is 5.78. The number of carbonyl (C=O) groups excluding carboxylic acids is 2. The molecular weight excluding hydrogens is 373 g/mol. The van der Waals surface area contributed by atoms with E-state index in [1.165, 1.54) is 35.6 Å². The largest absolute Gasteiger partial charge is 0.282 e. The highest BCUT2D eigenvalue weighted by molar-refractivity contribution is 7.13. The van der Waals surface area contributed by atoms with Crippen molar-refractivity contribution in [3.05, 3.63) is 80.6 Å². The van der Waals surface area contributed by atoms with E-state index in [1.807, 2.05) is 0 Å². The second kappa shape index (κ2) is 6.36. The van der Waals surface area contributed by atoms with Crippen LogP contribution in [0.2, 0.25) is 0 Å². The van der Waals surface area contributed by atoms with E-state index in [9.17, 15) is 24.1 Å². The molecule has 2 amide bonds. The monoisotopic (exact) mass is 383 g/mol. The van der Waals surface area contributed by atoms with Crippen LogP contribution in [-0.4, -0.2) is 26.6 Å². The Kier molecular flexibility index (Phi) is 4.00. The topological polar surface area (TPSA) is 93.4 Å². The lowest BCUT2D eigenvalue weighted by Gasteiger charge is -2.11. The number of thiazole rings is 1. The van der Waals surface area contributed by atoms with Crippen molar-refractivity contribution in [3.8, 4) is 10.6 Å². The molecule has 134 valence electrons. The SMILES string of the molecule is O=C1c2cccc([N+](=O)[O-])c2C(=O)N1Cc1csc(-c2ccccc2F)n1. The lowest BCUT2D eigenvalue weighted by atomic mass is 10.1. The second-order valence-corrected chi connectivity index (χ2v) is 6.64. The van der Waals surface area contributed by atoms with Gasteiger partial charge in [-0.2, -0.15) is 0 Å². The van der Waals surface area contributed by atoms with Crippen molar-refractivity contribution in [3.63, 3.8) is 0 Å². The van der Waals surface area contributed by atoms with Gasteiger partial charge in [-0.1, -0.05) is 18.2 Å². The van der Waals surface area contributed by atoms with Crippen LogP contribution in [0.3, 0.4) is 0 Å². The summed E-state index contributed by atoms with van der Waals surface area (Å²) >= 11 is 1.19. The van der Waals surface area contributed by atoms with E-state index in [-0.39, 0.29) is 17.7 Å². The first kappa shape index (κ1) is 17.0. The van der Waals surface area contributed by atoms with Gasteiger partial charge in [0.25, 0.3) is 17.5 Å². The number of rotatable bonds is 4. The molecule has 2 heterocycles. The predicted molar refractivity (Wildman–Crippen MR) is 94.8 cm³/mol. The summed E-state index contributed by atoms with van der Waals surface area (Å²) in [4.78, 5) is 40.8. The lowest BCUT2D eigenvalue weighted by Crippen LogP contribution is -2.29. The van der Waals surface area contributed by atoms with Gasteiger partial charge in [-0.3, -0.25) is 24.6 Å². The summed E-state index contributed by atoms with van der Waals surface area (Å²) in [6, 6.07) is 10.1. The highest BCUT2D eigenvalue weighted by atomic mass is 32.1. The van der Waals surface area contributed by atoms with Crippen molar-refractivity contribution >= 4 is 28.8 Å². The van der Waals surface area contributed by atoms with Crippen LogP contribution >= 0.6 is 11.3 Å². The quantitative estimate of drug-likeness (QED) is 0.389. The van der Waals surface area contributed by atoms with Crippen LogP contribution in [0.15, 0.2) is 47.8 Å². The molecule has 3 aromatic rings. The van der Waals surface area contributed by atoms with Gasteiger partial charge >= 0.3 is 0 Å². The van der Waals surface area contributed by atoms with Crippen molar-refractivity contribution in [2.75, 3.05) is 0 Å². The zero-order valence-electron chi connectivity index (χ0n) is 13.6. The van der Waals surface area contributed by atoms with E-state index in [1.54, 1.807) is 23.6 Å². The molecule has 1 aliphatic heterocycles. The minimum atomic E-state index is -0.734. The van der Waals surface area contributed by atoms with Crippen LogP contribution in [0.4, 0.5) is 10.1 Å². The molecule has 0 atom stereocenters. The molecule has 0 bridgehead atoms. The minimum absolute atomic E-state index is 0.00115. The predicted octanol–water partition coefficient (Wildman–Crippen LogP) is 3.65. The molecule has 9 heteroatoms. The third kappa shape index (κ3) is 2.77. The number of halogens is 1. The minimum Gasteiger partial charge on any atom is -0.269 e. The number of hydrogen-bond donors (Lipinski definition) is 0. The third-order valence-corrected chi connectivity index (χ3v) is 5.07. The standard InChI is InChI=1S/C18H10FN3O4S/c19-13-6-2-1-4-11(13)16-20-10(9-27-16)8-21-17(23)12-5-3-7-14(22(25)26)15(12)18(21)24/h1-7,9H,8H2. The summed E-state index contributed by atoms with van der Waals surface area (Å²) in [7, 11) is 0. The van der Waals surface area contributed by atoms with Crippen LogP contribution < -0.4 is 0 Å². The maximum atomic E-state index is 13.9. The number of imide groups is 1. The van der Waals surface area contributed by atoms with E-state index in [0.717, 1.165) is 4.90 Å². The number of benzene rings is 2. The van der Waals surface area contributed by atoms with Crippen molar-refractivity contribution < 1.29 is 18.9 Å². The van der Waals surface area contributed by atoms with E-state index in [4.69, 9.17) is 0 Å². The molecule has 7 nitrogen and oxygen atoms in total. The van der Waals surface area contributed by atoms with Gasteiger partial charge in [-0.25, -0.2) is 9.37 Å². The Hall–Kier alpha value is -3.46. The first-order chi connectivity index (χ1) is 13.0. The molecule has 0 spiro atoms. The Bertz CT molecular complexity index is 1110. The molecule has 1 aliphatic rings. The first-order valence-corrected chi connectivity index (χ1v) is 8.68. The number of nitro benzene ring substituents is 1. The summed E-state index contributed by atoms with van der Waals surface area (Å²) in [6.45, 7) is -0.144. The molecule has 0 N–H and O–H groups in total. The molecule has 0 aliphatic carbocycles. The Morgan fingerprint density at radius 2 is 1.81 bits per heavy atom. The Morgan fingerprint density at radius 1 is 1.07 bits per heavy atom. The summed E-state index contributed by atoms with van der Waals surface area (Å²) < 4.78 is 13.9. The maximum absolute atomic E-state index is 13.9. The van der Waals surface area contributed by atoms with Crippen molar-refractivity contribution in [2.45, 2.75) is 6.54 Å². The highest BCUT2D eigenvalue weighted by Crippen LogP contribution is 2.32. The third-order valence-electron chi connectivity index (χ3n) is 4.15. The molecular formula is C18H10FN3O4S.